The number of ether oxygens (including phenoxy) is 1. The molecule has 0 fully saturated rings. The van der Waals surface area contributed by atoms with E-state index in [1.807, 2.05) is 0 Å². The second-order valence-corrected chi connectivity index (χ2v) is 4.35. The first-order chi connectivity index (χ1) is 10.9. The molecule has 1 amide bonds. The van der Waals surface area contributed by atoms with Crippen LogP contribution in [0.2, 0.25) is 0 Å². The van der Waals surface area contributed by atoms with Crippen LogP contribution < -0.4 is 10.1 Å². The van der Waals surface area contributed by atoms with Gasteiger partial charge in [-0.05, 0) is 16.0 Å². The quantitative estimate of drug-likeness (QED) is 0.624. The van der Waals surface area contributed by atoms with E-state index in [0.717, 1.165) is 12.5 Å². The summed E-state index contributed by atoms with van der Waals surface area (Å²) in [5, 5.41) is 23.7. The molecule has 0 unspecified atom stereocenters. The molecule has 2 rings (SSSR count). The monoisotopic (exact) mass is 321 g/mol. The minimum atomic E-state index is -0.673. The Morgan fingerprint density at radius 3 is 2.65 bits per heavy atom. The molecule has 1 heterocycles. The number of carbonyl (C=O) groups is 1. The maximum atomic E-state index is 11.9. The summed E-state index contributed by atoms with van der Waals surface area (Å²) in [5.74, 6) is -0.737. The molecule has 0 bridgehead atoms. The number of non-ortho nitro benzene ring substituents is 1. The molecule has 1 aromatic heterocycles. The molecule has 0 aliphatic carbocycles. The fourth-order valence-corrected chi connectivity index (χ4v) is 1.78. The highest BCUT2D eigenvalue weighted by Gasteiger charge is 2.15. The number of nitro groups is 2. The minimum absolute atomic E-state index is 0.129. The number of nitrogens with zero attached hydrogens (tertiary/aromatic N) is 4. The lowest BCUT2D eigenvalue weighted by atomic mass is 10.2. The molecule has 0 aliphatic heterocycles. The van der Waals surface area contributed by atoms with Gasteiger partial charge in [0.1, 0.15) is 18.5 Å². The largest absolute Gasteiger partial charge is 0.494 e. The van der Waals surface area contributed by atoms with Crippen LogP contribution in [0.5, 0.6) is 5.75 Å². The lowest BCUT2D eigenvalue weighted by Gasteiger charge is -2.09. The van der Waals surface area contributed by atoms with Crippen LogP contribution in [0.15, 0.2) is 30.7 Å². The molecule has 2 aromatic rings. The van der Waals surface area contributed by atoms with Crippen molar-refractivity contribution in [3.63, 3.8) is 0 Å². The normalized spacial score (nSPS) is 10.1. The van der Waals surface area contributed by atoms with Crippen molar-refractivity contribution in [3.05, 3.63) is 51.0 Å². The highest BCUT2D eigenvalue weighted by Crippen LogP contribution is 2.28. The third-order valence-electron chi connectivity index (χ3n) is 2.80. The van der Waals surface area contributed by atoms with Crippen LogP contribution in [0.3, 0.4) is 0 Å². The van der Waals surface area contributed by atoms with E-state index in [-0.39, 0.29) is 29.5 Å². The van der Waals surface area contributed by atoms with Crippen molar-refractivity contribution in [1.82, 2.24) is 9.55 Å². The number of rotatable bonds is 6. The molecule has 0 saturated heterocycles. The van der Waals surface area contributed by atoms with Gasteiger partial charge in [-0.1, -0.05) is 0 Å². The number of amides is 1. The number of anilines is 1. The molecule has 0 spiro atoms. The zero-order valence-electron chi connectivity index (χ0n) is 11.8. The predicted octanol–water partition coefficient (Wildman–Crippen LogP) is 1.35. The number of nitro benzene ring substituents is 1. The van der Waals surface area contributed by atoms with Gasteiger partial charge in [0.2, 0.25) is 12.2 Å². The average molecular weight is 321 g/mol. The molecule has 23 heavy (non-hydrogen) atoms. The van der Waals surface area contributed by atoms with Crippen LogP contribution in [0, 0.1) is 20.2 Å². The standard InChI is InChI=1S/C12H11N5O6/c1-23-10-4-8(16(19)20)2-3-9(10)14-12(18)6-15-5-11(13-7-15)17(21)22/h2-5,7H,6H2,1H3,(H,14,18). The van der Waals surface area contributed by atoms with Gasteiger partial charge in [0.15, 0.2) is 0 Å². The summed E-state index contributed by atoms with van der Waals surface area (Å²) in [6.07, 6.45) is 2.28. The molecule has 0 atom stereocenters. The summed E-state index contributed by atoms with van der Waals surface area (Å²) < 4.78 is 6.24. The van der Waals surface area contributed by atoms with E-state index in [9.17, 15) is 25.0 Å². The first-order valence-corrected chi connectivity index (χ1v) is 6.19. The Morgan fingerprint density at radius 2 is 2.09 bits per heavy atom. The van der Waals surface area contributed by atoms with Crippen LogP contribution in [0.4, 0.5) is 17.2 Å². The van der Waals surface area contributed by atoms with E-state index in [0.29, 0.717) is 0 Å². The van der Waals surface area contributed by atoms with E-state index >= 15 is 0 Å². The van der Waals surface area contributed by atoms with Crippen molar-refractivity contribution in [2.75, 3.05) is 12.4 Å². The van der Waals surface area contributed by atoms with Crippen LogP contribution >= 0.6 is 0 Å². The Labute approximate surface area is 128 Å². The van der Waals surface area contributed by atoms with Gasteiger partial charge >= 0.3 is 5.82 Å². The van der Waals surface area contributed by atoms with E-state index < -0.39 is 15.8 Å². The Morgan fingerprint density at radius 1 is 1.35 bits per heavy atom. The maximum Gasteiger partial charge on any atom is 0.381 e. The average Bonchev–Trinajstić information content (AvgIpc) is 2.96. The highest BCUT2D eigenvalue weighted by molar-refractivity contribution is 5.92. The fourth-order valence-electron chi connectivity index (χ4n) is 1.78. The Kier molecular flexibility index (Phi) is 4.50. The van der Waals surface area contributed by atoms with Gasteiger partial charge in [0.25, 0.3) is 5.69 Å². The summed E-state index contributed by atoms with van der Waals surface area (Å²) in [5.41, 5.74) is 0.0720. The van der Waals surface area contributed by atoms with Crippen LogP contribution in [0.25, 0.3) is 0 Å². The van der Waals surface area contributed by atoms with E-state index in [1.165, 1.54) is 29.9 Å². The fraction of sp³-hybridized carbons (Fsp3) is 0.167. The third kappa shape index (κ3) is 3.78. The number of imidazole rings is 1. The van der Waals surface area contributed by atoms with Gasteiger partial charge < -0.3 is 24.7 Å². The van der Waals surface area contributed by atoms with Crippen molar-refractivity contribution >= 4 is 23.1 Å². The number of nitrogens with one attached hydrogen (secondary N) is 1. The number of hydrogen-bond acceptors (Lipinski definition) is 7. The molecule has 11 nitrogen and oxygen atoms in total. The molecular weight excluding hydrogens is 310 g/mol. The second-order valence-electron chi connectivity index (χ2n) is 4.35. The van der Waals surface area contributed by atoms with E-state index in [2.05, 4.69) is 10.3 Å². The van der Waals surface area contributed by atoms with Crippen molar-refractivity contribution in [2.45, 2.75) is 6.54 Å². The SMILES string of the molecule is COc1cc([N+](=O)[O-])ccc1NC(=O)Cn1cnc([N+](=O)[O-])c1. The van der Waals surface area contributed by atoms with Crippen molar-refractivity contribution in [1.29, 1.82) is 0 Å². The van der Waals surface area contributed by atoms with Gasteiger partial charge in [0, 0.05) is 6.07 Å². The smallest absolute Gasteiger partial charge is 0.381 e. The summed E-state index contributed by atoms with van der Waals surface area (Å²) in [6, 6.07) is 3.74. The van der Waals surface area contributed by atoms with Crippen LogP contribution in [0.1, 0.15) is 0 Å². The summed E-state index contributed by atoms with van der Waals surface area (Å²) in [4.78, 5) is 35.4. The zero-order chi connectivity index (χ0) is 17.0. The Bertz CT molecular complexity index is 771. The number of methoxy groups -OCH3 is 1. The molecule has 1 aromatic carbocycles. The summed E-state index contributed by atoms with van der Waals surface area (Å²) in [6.45, 7) is -0.207. The lowest BCUT2D eigenvalue weighted by Crippen LogP contribution is -2.18. The molecule has 0 radical (unpaired) electrons. The topological polar surface area (TPSA) is 142 Å². The first kappa shape index (κ1) is 15.9. The minimum Gasteiger partial charge on any atom is -0.494 e. The van der Waals surface area contributed by atoms with Crippen LogP contribution in [-0.4, -0.2) is 32.4 Å². The zero-order valence-corrected chi connectivity index (χ0v) is 11.8. The molecule has 1 N–H and O–H groups in total. The summed E-state index contributed by atoms with van der Waals surface area (Å²) in [7, 11) is 1.31. The van der Waals surface area contributed by atoms with Gasteiger partial charge in [-0.2, -0.15) is 0 Å². The lowest BCUT2D eigenvalue weighted by molar-refractivity contribution is -0.389. The van der Waals surface area contributed by atoms with Crippen molar-refractivity contribution < 1.29 is 19.4 Å². The Hall–Kier alpha value is -3.50. The van der Waals surface area contributed by atoms with E-state index in [4.69, 9.17) is 4.74 Å². The number of benzene rings is 1. The number of aromatic nitrogens is 2. The molecule has 0 saturated carbocycles. The van der Waals surface area contributed by atoms with E-state index in [1.54, 1.807) is 0 Å². The van der Waals surface area contributed by atoms with Crippen LogP contribution in [-0.2, 0) is 11.3 Å². The van der Waals surface area contributed by atoms with Gasteiger partial charge in [-0.25, -0.2) is 0 Å². The molecule has 11 heteroatoms. The Balaban J connectivity index is 2.10. The van der Waals surface area contributed by atoms with Gasteiger partial charge in [-0.15, -0.1) is 0 Å². The molecule has 120 valence electrons. The van der Waals surface area contributed by atoms with Gasteiger partial charge in [-0.3, -0.25) is 14.9 Å². The van der Waals surface area contributed by atoms with Crippen molar-refractivity contribution in [3.8, 4) is 5.75 Å². The molecular formula is C12H11N5O6. The second kappa shape index (κ2) is 6.51. The first-order valence-electron chi connectivity index (χ1n) is 6.19. The summed E-state index contributed by atoms with van der Waals surface area (Å²) >= 11 is 0. The number of carbonyl (C=O) groups excluding carboxylic acids is 1. The highest BCUT2D eigenvalue weighted by atomic mass is 16.6. The number of hydrogen-bond donors (Lipinski definition) is 1. The van der Waals surface area contributed by atoms with Crippen molar-refractivity contribution in [2.24, 2.45) is 0 Å². The maximum absolute atomic E-state index is 11.9. The third-order valence-corrected chi connectivity index (χ3v) is 2.80. The predicted molar refractivity (Wildman–Crippen MR) is 77.2 cm³/mol. The molecule has 0 aliphatic rings. The van der Waals surface area contributed by atoms with Gasteiger partial charge in [0.05, 0.1) is 23.8 Å².